The number of rotatable bonds is 4. The number of amides is 1. The number of hydrogen-bond donors (Lipinski definition) is 1. The molecule has 1 amide bonds. The molecule has 0 aliphatic carbocycles. The first-order valence-corrected chi connectivity index (χ1v) is 9.23. The van der Waals surface area contributed by atoms with Crippen LogP contribution in [0.4, 0.5) is 5.69 Å². The van der Waals surface area contributed by atoms with E-state index in [-0.39, 0.29) is 22.4 Å². The molecule has 0 saturated carbocycles. The number of aryl methyl sites for hydroxylation is 1. The van der Waals surface area contributed by atoms with E-state index in [1.54, 1.807) is 13.0 Å². The molecule has 0 bridgehead atoms. The van der Waals surface area contributed by atoms with Crippen molar-refractivity contribution in [3.05, 3.63) is 51.8 Å². The number of sulfone groups is 1. The van der Waals surface area contributed by atoms with Crippen molar-refractivity contribution in [1.82, 2.24) is 4.98 Å². The Hall–Kier alpha value is -1.63. The van der Waals surface area contributed by atoms with Gasteiger partial charge in [-0.25, -0.2) is 13.4 Å². The van der Waals surface area contributed by atoms with Crippen LogP contribution in [0, 0.1) is 6.92 Å². The van der Waals surface area contributed by atoms with E-state index in [1.165, 1.54) is 24.3 Å². The maximum Gasteiger partial charge on any atom is 0.228 e. The number of benzene rings is 1. The van der Waals surface area contributed by atoms with E-state index in [2.05, 4.69) is 10.3 Å². The standard InChI is InChI=1S/C15H14Cl2N2O3S/c1-9-7-13(16)12(15(17)18-9)8-14(20)19-10-3-5-11(6-4-10)23(2,21)22/h3-7H,8H2,1-2H3,(H,19,20). The Balaban J connectivity index is 2.11. The third kappa shape index (κ3) is 4.67. The molecule has 0 spiro atoms. The van der Waals surface area contributed by atoms with Gasteiger partial charge in [-0.3, -0.25) is 4.79 Å². The molecule has 0 saturated heterocycles. The topological polar surface area (TPSA) is 76.1 Å². The highest BCUT2D eigenvalue weighted by Gasteiger charge is 2.14. The summed E-state index contributed by atoms with van der Waals surface area (Å²) in [6.07, 6.45) is 1.09. The van der Waals surface area contributed by atoms with Crippen molar-refractivity contribution in [3.63, 3.8) is 0 Å². The highest BCUT2D eigenvalue weighted by molar-refractivity contribution is 7.90. The smallest absolute Gasteiger partial charge is 0.228 e. The van der Waals surface area contributed by atoms with Gasteiger partial charge >= 0.3 is 0 Å². The van der Waals surface area contributed by atoms with Gasteiger partial charge in [0.2, 0.25) is 5.91 Å². The Morgan fingerprint density at radius 3 is 2.35 bits per heavy atom. The van der Waals surface area contributed by atoms with Crippen LogP contribution in [0.1, 0.15) is 11.3 Å². The first-order chi connectivity index (χ1) is 10.7. The fraction of sp³-hybridized carbons (Fsp3) is 0.200. The van der Waals surface area contributed by atoms with Crippen LogP contribution in [-0.4, -0.2) is 25.6 Å². The molecule has 0 unspecified atom stereocenters. The fourth-order valence-electron chi connectivity index (χ4n) is 1.93. The Morgan fingerprint density at radius 1 is 1.22 bits per heavy atom. The maximum absolute atomic E-state index is 12.1. The highest BCUT2D eigenvalue weighted by atomic mass is 35.5. The van der Waals surface area contributed by atoms with Crippen LogP contribution in [0.15, 0.2) is 35.2 Å². The van der Waals surface area contributed by atoms with Gasteiger partial charge in [-0.2, -0.15) is 0 Å². The number of pyridine rings is 1. The van der Waals surface area contributed by atoms with Gasteiger partial charge in [0.25, 0.3) is 0 Å². The average molecular weight is 373 g/mol. The number of carbonyl (C=O) groups excluding carboxylic acids is 1. The molecule has 1 aromatic carbocycles. The zero-order valence-corrected chi connectivity index (χ0v) is 14.8. The normalized spacial score (nSPS) is 11.3. The molecular formula is C15H14Cl2N2O3S. The summed E-state index contributed by atoms with van der Waals surface area (Å²) in [6, 6.07) is 7.53. The molecule has 1 N–H and O–H groups in total. The van der Waals surface area contributed by atoms with E-state index in [0.29, 0.717) is 22.0 Å². The number of anilines is 1. The third-order valence-corrected chi connectivity index (χ3v) is 4.83. The minimum Gasteiger partial charge on any atom is -0.326 e. The average Bonchev–Trinajstić information content (AvgIpc) is 2.42. The predicted molar refractivity (Wildman–Crippen MR) is 90.9 cm³/mol. The van der Waals surface area contributed by atoms with E-state index in [1.807, 2.05) is 0 Å². The molecule has 0 atom stereocenters. The Bertz CT molecular complexity index is 827. The van der Waals surface area contributed by atoms with Crippen LogP contribution in [0.2, 0.25) is 10.2 Å². The molecule has 0 aliphatic rings. The Kier molecular flexibility index (Phi) is 5.29. The Labute approximate surface area is 144 Å². The number of halogens is 2. The van der Waals surface area contributed by atoms with Crippen LogP contribution < -0.4 is 5.32 Å². The van der Waals surface area contributed by atoms with Gasteiger partial charge in [0.1, 0.15) is 5.15 Å². The summed E-state index contributed by atoms with van der Waals surface area (Å²) in [5, 5.41) is 3.23. The second-order valence-electron chi connectivity index (χ2n) is 5.04. The number of nitrogens with zero attached hydrogens (tertiary/aromatic N) is 1. The molecular weight excluding hydrogens is 359 g/mol. The monoisotopic (exact) mass is 372 g/mol. The summed E-state index contributed by atoms with van der Waals surface area (Å²) in [7, 11) is -3.27. The Morgan fingerprint density at radius 2 is 1.83 bits per heavy atom. The fourth-order valence-corrected chi connectivity index (χ4v) is 3.23. The lowest BCUT2D eigenvalue weighted by Gasteiger charge is -2.09. The van der Waals surface area contributed by atoms with Gasteiger partial charge in [0.15, 0.2) is 9.84 Å². The number of aromatic nitrogens is 1. The summed E-state index contributed by atoms with van der Waals surface area (Å²) >= 11 is 12.1. The van der Waals surface area contributed by atoms with Crippen molar-refractivity contribution in [2.75, 3.05) is 11.6 Å². The molecule has 2 rings (SSSR count). The van der Waals surface area contributed by atoms with Crippen LogP contribution >= 0.6 is 23.2 Å². The number of nitrogens with one attached hydrogen (secondary N) is 1. The van der Waals surface area contributed by atoms with E-state index in [4.69, 9.17) is 23.2 Å². The van der Waals surface area contributed by atoms with E-state index < -0.39 is 9.84 Å². The van der Waals surface area contributed by atoms with Crippen molar-refractivity contribution >= 4 is 44.6 Å². The van der Waals surface area contributed by atoms with Crippen LogP contribution in [-0.2, 0) is 21.1 Å². The lowest BCUT2D eigenvalue weighted by molar-refractivity contribution is -0.115. The quantitative estimate of drug-likeness (QED) is 0.835. The molecule has 5 nitrogen and oxygen atoms in total. The zero-order valence-electron chi connectivity index (χ0n) is 12.4. The molecule has 23 heavy (non-hydrogen) atoms. The molecule has 1 heterocycles. The van der Waals surface area contributed by atoms with Crippen molar-refractivity contribution in [3.8, 4) is 0 Å². The molecule has 8 heteroatoms. The molecule has 2 aromatic rings. The summed E-state index contributed by atoms with van der Waals surface area (Å²) in [4.78, 5) is 16.3. The van der Waals surface area contributed by atoms with E-state index in [9.17, 15) is 13.2 Å². The van der Waals surface area contributed by atoms with Crippen LogP contribution in [0.25, 0.3) is 0 Å². The van der Waals surface area contributed by atoms with E-state index >= 15 is 0 Å². The SMILES string of the molecule is Cc1cc(Cl)c(CC(=O)Nc2ccc(S(C)(=O)=O)cc2)c(Cl)n1. The third-order valence-electron chi connectivity index (χ3n) is 3.05. The second-order valence-corrected chi connectivity index (χ2v) is 7.82. The zero-order chi connectivity index (χ0) is 17.2. The lowest BCUT2D eigenvalue weighted by Crippen LogP contribution is -2.15. The molecule has 0 radical (unpaired) electrons. The summed E-state index contributed by atoms with van der Waals surface area (Å²) in [5.74, 6) is -0.327. The van der Waals surface area contributed by atoms with Gasteiger partial charge < -0.3 is 5.32 Å². The van der Waals surface area contributed by atoms with Gasteiger partial charge in [-0.05, 0) is 37.3 Å². The molecule has 0 fully saturated rings. The van der Waals surface area contributed by atoms with E-state index in [0.717, 1.165) is 6.26 Å². The minimum absolute atomic E-state index is 0.0290. The van der Waals surface area contributed by atoms with Crippen LogP contribution in [0.3, 0.4) is 0 Å². The number of carbonyl (C=O) groups is 1. The van der Waals surface area contributed by atoms with Gasteiger partial charge in [-0.1, -0.05) is 23.2 Å². The first kappa shape index (κ1) is 17.7. The van der Waals surface area contributed by atoms with Gasteiger partial charge in [0.05, 0.1) is 11.3 Å². The maximum atomic E-state index is 12.1. The summed E-state index contributed by atoms with van der Waals surface area (Å²) in [5.41, 5.74) is 1.60. The highest BCUT2D eigenvalue weighted by Crippen LogP contribution is 2.24. The first-order valence-electron chi connectivity index (χ1n) is 6.58. The molecule has 122 valence electrons. The predicted octanol–water partition coefficient (Wildman–Crippen LogP) is 3.28. The van der Waals surface area contributed by atoms with Crippen molar-refractivity contribution in [1.29, 1.82) is 0 Å². The van der Waals surface area contributed by atoms with Gasteiger partial charge in [0, 0.05) is 28.2 Å². The summed E-state index contributed by atoms with van der Waals surface area (Å²) in [6.45, 7) is 1.75. The van der Waals surface area contributed by atoms with Crippen molar-refractivity contribution < 1.29 is 13.2 Å². The van der Waals surface area contributed by atoms with Crippen LogP contribution in [0.5, 0.6) is 0 Å². The molecule has 1 aromatic heterocycles. The van der Waals surface area contributed by atoms with Gasteiger partial charge in [-0.15, -0.1) is 0 Å². The molecule has 0 aliphatic heterocycles. The summed E-state index contributed by atoms with van der Waals surface area (Å²) < 4.78 is 22.8. The second kappa shape index (κ2) is 6.86. The van der Waals surface area contributed by atoms with Crippen molar-refractivity contribution in [2.45, 2.75) is 18.2 Å². The largest absolute Gasteiger partial charge is 0.326 e. The van der Waals surface area contributed by atoms with Crippen molar-refractivity contribution in [2.24, 2.45) is 0 Å². The lowest BCUT2D eigenvalue weighted by atomic mass is 10.2. The number of hydrogen-bond acceptors (Lipinski definition) is 4. The minimum atomic E-state index is -3.27.